The molecule has 2 N–H and O–H groups in total. The average molecular weight is 179 g/mol. The first-order valence-electron chi connectivity index (χ1n) is 3.66. The lowest BCUT2D eigenvalue weighted by atomic mass is 10.1. The van der Waals surface area contributed by atoms with Crippen LogP contribution in [0.25, 0.3) is 0 Å². The number of primary sulfonamides is 1. The van der Waals surface area contributed by atoms with Gasteiger partial charge in [-0.2, -0.15) is 0 Å². The fourth-order valence-electron chi connectivity index (χ4n) is 1.27. The Bertz CT molecular complexity index is 206. The summed E-state index contributed by atoms with van der Waals surface area (Å²) in [5.41, 5.74) is 0. The number of hydrogen-bond acceptors (Lipinski definition) is 3. The van der Waals surface area contributed by atoms with Gasteiger partial charge in [0.25, 0.3) is 0 Å². The van der Waals surface area contributed by atoms with Crippen molar-refractivity contribution in [3.05, 3.63) is 0 Å². The van der Waals surface area contributed by atoms with Crippen LogP contribution in [0.2, 0.25) is 0 Å². The van der Waals surface area contributed by atoms with Crippen molar-refractivity contribution in [2.45, 2.75) is 12.8 Å². The lowest BCUT2D eigenvalue weighted by molar-refractivity contribution is 0.0626. The first-order valence-corrected chi connectivity index (χ1v) is 5.38. The van der Waals surface area contributed by atoms with Crippen molar-refractivity contribution in [3.8, 4) is 0 Å². The highest BCUT2D eigenvalue weighted by atomic mass is 32.2. The molecule has 0 spiro atoms. The molecule has 0 aromatic heterocycles. The number of nitrogens with two attached hydrogens (primary N) is 1. The predicted octanol–water partition coefficient (Wildman–Crippen LogP) is -0.298. The van der Waals surface area contributed by atoms with Gasteiger partial charge in [-0.15, -0.1) is 0 Å². The monoisotopic (exact) mass is 179 g/mol. The minimum absolute atomic E-state index is 0.0625. The molecule has 4 nitrogen and oxygen atoms in total. The normalized spacial score (nSPS) is 26.8. The van der Waals surface area contributed by atoms with Crippen LogP contribution in [0.5, 0.6) is 0 Å². The highest BCUT2D eigenvalue weighted by molar-refractivity contribution is 7.89. The Morgan fingerprint density at radius 2 is 2.27 bits per heavy atom. The van der Waals surface area contributed by atoms with E-state index in [1.54, 1.807) is 0 Å². The number of hydrogen-bond donors (Lipinski definition) is 1. The number of sulfonamides is 1. The van der Waals surface area contributed by atoms with E-state index in [2.05, 4.69) is 0 Å². The molecule has 0 radical (unpaired) electrons. The Balaban J connectivity index is 2.36. The van der Waals surface area contributed by atoms with Crippen molar-refractivity contribution < 1.29 is 13.2 Å². The molecule has 0 aliphatic carbocycles. The molecule has 1 unspecified atom stereocenters. The van der Waals surface area contributed by atoms with Gasteiger partial charge in [-0.25, -0.2) is 13.6 Å². The van der Waals surface area contributed by atoms with E-state index in [9.17, 15) is 8.42 Å². The summed E-state index contributed by atoms with van der Waals surface area (Å²) in [5, 5.41) is 4.88. The van der Waals surface area contributed by atoms with Crippen LogP contribution in [0.1, 0.15) is 12.8 Å². The van der Waals surface area contributed by atoms with Gasteiger partial charge < -0.3 is 4.74 Å². The zero-order valence-electron chi connectivity index (χ0n) is 6.32. The van der Waals surface area contributed by atoms with Gasteiger partial charge in [0.2, 0.25) is 10.0 Å². The molecule has 1 heterocycles. The molecular formula is C6H13NO3S. The van der Waals surface area contributed by atoms with Gasteiger partial charge in [0.15, 0.2) is 0 Å². The third kappa shape index (κ3) is 3.69. The molecule has 1 aliphatic heterocycles. The Labute approximate surface area is 66.8 Å². The van der Waals surface area contributed by atoms with Crippen molar-refractivity contribution in [3.63, 3.8) is 0 Å². The summed E-state index contributed by atoms with van der Waals surface area (Å²) in [5.74, 6) is 0.172. The fourth-order valence-corrected chi connectivity index (χ4v) is 2.19. The van der Waals surface area contributed by atoms with Gasteiger partial charge in [0.1, 0.15) is 0 Å². The van der Waals surface area contributed by atoms with Crippen molar-refractivity contribution in [1.29, 1.82) is 0 Å². The van der Waals surface area contributed by atoms with Crippen LogP contribution in [0.4, 0.5) is 0 Å². The minimum atomic E-state index is -3.30. The molecule has 66 valence electrons. The van der Waals surface area contributed by atoms with Crippen LogP contribution in [0.15, 0.2) is 0 Å². The van der Waals surface area contributed by atoms with E-state index in [0.717, 1.165) is 19.4 Å². The maximum absolute atomic E-state index is 10.6. The van der Waals surface area contributed by atoms with Crippen molar-refractivity contribution in [1.82, 2.24) is 0 Å². The first-order chi connectivity index (χ1) is 5.08. The highest BCUT2D eigenvalue weighted by Gasteiger charge is 2.18. The minimum Gasteiger partial charge on any atom is -0.381 e. The first kappa shape index (κ1) is 8.96. The quantitative estimate of drug-likeness (QED) is 0.632. The molecule has 1 aliphatic rings. The largest absolute Gasteiger partial charge is 0.381 e. The van der Waals surface area contributed by atoms with Gasteiger partial charge in [-0.05, 0) is 18.8 Å². The molecule has 1 atom stereocenters. The predicted molar refractivity (Wildman–Crippen MR) is 41.5 cm³/mol. The summed E-state index contributed by atoms with van der Waals surface area (Å²) >= 11 is 0. The fraction of sp³-hybridized carbons (Fsp3) is 1.00. The molecule has 0 amide bonds. The summed E-state index contributed by atoms with van der Waals surface area (Å²) < 4.78 is 26.4. The van der Waals surface area contributed by atoms with Crippen LogP contribution in [0, 0.1) is 5.92 Å². The van der Waals surface area contributed by atoms with E-state index in [0.29, 0.717) is 6.61 Å². The second-order valence-electron chi connectivity index (χ2n) is 2.91. The van der Waals surface area contributed by atoms with Crippen molar-refractivity contribution in [2.75, 3.05) is 19.0 Å². The van der Waals surface area contributed by atoms with Crippen LogP contribution in [-0.4, -0.2) is 27.4 Å². The summed E-state index contributed by atoms with van der Waals surface area (Å²) in [6.45, 7) is 1.29. The maximum Gasteiger partial charge on any atom is 0.209 e. The Morgan fingerprint density at radius 1 is 1.55 bits per heavy atom. The van der Waals surface area contributed by atoms with Gasteiger partial charge in [0, 0.05) is 6.61 Å². The van der Waals surface area contributed by atoms with E-state index >= 15 is 0 Å². The Morgan fingerprint density at radius 3 is 2.73 bits per heavy atom. The molecule has 1 saturated heterocycles. The third-order valence-electron chi connectivity index (χ3n) is 1.72. The lowest BCUT2D eigenvalue weighted by Crippen LogP contribution is -2.28. The maximum atomic E-state index is 10.6. The summed E-state index contributed by atoms with van der Waals surface area (Å²) in [4.78, 5) is 0. The lowest BCUT2D eigenvalue weighted by Gasteiger charge is -2.20. The second-order valence-corrected chi connectivity index (χ2v) is 4.57. The van der Waals surface area contributed by atoms with Crippen LogP contribution >= 0.6 is 0 Å². The van der Waals surface area contributed by atoms with E-state index in [1.165, 1.54) is 0 Å². The molecule has 1 rings (SSSR count). The molecular weight excluding hydrogens is 166 g/mol. The summed E-state index contributed by atoms with van der Waals surface area (Å²) in [6.07, 6.45) is 1.86. The van der Waals surface area contributed by atoms with Crippen LogP contribution in [-0.2, 0) is 14.8 Å². The molecule has 0 aromatic carbocycles. The highest BCUT2D eigenvalue weighted by Crippen LogP contribution is 2.14. The van der Waals surface area contributed by atoms with E-state index < -0.39 is 10.0 Å². The molecule has 0 aromatic rings. The Kier molecular flexibility index (Phi) is 2.86. The van der Waals surface area contributed by atoms with E-state index in [-0.39, 0.29) is 11.7 Å². The molecule has 0 bridgehead atoms. The van der Waals surface area contributed by atoms with Gasteiger partial charge in [-0.3, -0.25) is 0 Å². The summed E-state index contributed by atoms with van der Waals surface area (Å²) in [7, 11) is -3.30. The molecule has 1 fully saturated rings. The molecule has 5 heteroatoms. The van der Waals surface area contributed by atoms with Crippen LogP contribution in [0.3, 0.4) is 0 Å². The number of ether oxygens (including phenoxy) is 1. The SMILES string of the molecule is NS(=O)(=O)CC1CCCOC1. The zero-order valence-corrected chi connectivity index (χ0v) is 7.14. The second kappa shape index (κ2) is 3.51. The number of rotatable bonds is 2. The van der Waals surface area contributed by atoms with Crippen LogP contribution < -0.4 is 5.14 Å². The smallest absolute Gasteiger partial charge is 0.209 e. The third-order valence-corrected chi connectivity index (χ3v) is 2.66. The molecule has 11 heavy (non-hydrogen) atoms. The van der Waals surface area contributed by atoms with E-state index in [4.69, 9.17) is 9.88 Å². The van der Waals surface area contributed by atoms with Gasteiger partial charge >= 0.3 is 0 Å². The van der Waals surface area contributed by atoms with Crippen molar-refractivity contribution >= 4 is 10.0 Å². The molecule has 0 saturated carbocycles. The van der Waals surface area contributed by atoms with Gasteiger partial charge in [-0.1, -0.05) is 0 Å². The van der Waals surface area contributed by atoms with Crippen molar-refractivity contribution in [2.24, 2.45) is 11.1 Å². The zero-order chi connectivity index (χ0) is 8.32. The Hall–Kier alpha value is -0.130. The standard InChI is InChI=1S/C6H13NO3S/c7-11(8,9)5-6-2-1-3-10-4-6/h6H,1-5H2,(H2,7,8,9). The topological polar surface area (TPSA) is 69.4 Å². The van der Waals surface area contributed by atoms with Gasteiger partial charge in [0.05, 0.1) is 12.4 Å². The van der Waals surface area contributed by atoms with E-state index in [1.807, 2.05) is 0 Å². The summed E-state index contributed by atoms with van der Waals surface area (Å²) in [6, 6.07) is 0. The average Bonchev–Trinajstić information content (AvgIpc) is 1.85.